The van der Waals surface area contributed by atoms with Crippen LogP contribution in [0.2, 0.25) is 0 Å². The molecule has 2 N–H and O–H groups in total. The molecule has 0 aliphatic carbocycles. The van der Waals surface area contributed by atoms with E-state index in [1.165, 1.54) is 9.75 Å². The van der Waals surface area contributed by atoms with Crippen LogP contribution in [0.25, 0.3) is 0 Å². The average molecular weight is 213 g/mol. The molecule has 0 aliphatic rings. The molecule has 1 aromatic heterocycles. The van der Waals surface area contributed by atoms with Crippen molar-refractivity contribution in [2.45, 2.75) is 39.3 Å². The van der Waals surface area contributed by atoms with Crippen LogP contribution in [0.1, 0.15) is 36.1 Å². The maximum Gasteiger partial charge on any atom is 0.0584 e. The standard InChI is InChI=1S/C11H19NOS/c1-4-10(7-13)12-9(3)11-6-5-8(2)14-11/h5-6,9-10,12-13H,4,7H2,1-3H3/t9?,10-/m1/s1. The van der Waals surface area contributed by atoms with Gasteiger partial charge in [-0.05, 0) is 32.4 Å². The summed E-state index contributed by atoms with van der Waals surface area (Å²) in [5.74, 6) is 0. The highest BCUT2D eigenvalue weighted by atomic mass is 32.1. The summed E-state index contributed by atoms with van der Waals surface area (Å²) in [4.78, 5) is 2.68. The van der Waals surface area contributed by atoms with E-state index in [9.17, 15) is 0 Å². The highest BCUT2D eigenvalue weighted by Crippen LogP contribution is 2.22. The monoisotopic (exact) mass is 213 g/mol. The van der Waals surface area contributed by atoms with Crippen molar-refractivity contribution in [3.05, 3.63) is 21.9 Å². The van der Waals surface area contributed by atoms with Crippen LogP contribution in [0.4, 0.5) is 0 Å². The summed E-state index contributed by atoms with van der Waals surface area (Å²) in [7, 11) is 0. The van der Waals surface area contributed by atoms with Crippen molar-refractivity contribution in [2.24, 2.45) is 0 Å². The molecule has 0 aliphatic heterocycles. The normalized spacial score (nSPS) is 15.4. The first kappa shape index (κ1) is 11.7. The van der Waals surface area contributed by atoms with Gasteiger partial charge in [-0.25, -0.2) is 0 Å². The Balaban J connectivity index is 2.53. The summed E-state index contributed by atoms with van der Waals surface area (Å²) in [6.07, 6.45) is 0.963. The van der Waals surface area contributed by atoms with Gasteiger partial charge in [0.05, 0.1) is 6.61 Å². The second-order valence-corrected chi connectivity index (χ2v) is 4.94. The lowest BCUT2D eigenvalue weighted by Gasteiger charge is -2.19. The summed E-state index contributed by atoms with van der Waals surface area (Å²) in [6.45, 7) is 6.55. The van der Waals surface area contributed by atoms with E-state index < -0.39 is 0 Å². The van der Waals surface area contributed by atoms with Crippen molar-refractivity contribution in [3.63, 3.8) is 0 Å². The van der Waals surface area contributed by atoms with Gasteiger partial charge in [0, 0.05) is 21.8 Å². The van der Waals surface area contributed by atoms with E-state index in [0.29, 0.717) is 6.04 Å². The number of aliphatic hydroxyl groups is 1. The molecule has 3 heteroatoms. The summed E-state index contributed by atoms with van der Waals surface area (Å²) in [6, 6.07) is 4.85. The molecule has 0 saturated carbocycles. The first-order valence-corrected chi connectivity index (χ1v) is 5.92. The zero-order valence-corrected chi connectivity index (χ0v) is 9.90. The highest BCUT2D eigenvalue weighted by molar-refractivity contribution is 7.12. The van der Waals surface area contributed by atoms with E-state index in [2.05, 4.69) is 38.2 Å². The first-order chi connectivity index (χ1) is 6.67. The molecule has 2 nitrogen and oxygen atoms in total. The van der Waals surface area contributed by atoms with Crippen LogP contribution in [0.15, 0.2) is 12.1 Å². The molecular formula is C11H19NOS. The Morgan fingerprint density at radius 1 is 1.50 bits per heavy atom. The third-order valence-corrected chi connectivity index (χ3v) is 3.57. The SMILES string of the molecule is CC[C@H](CO)NC(C)c1ccc(C)s1. The zero-order chi connectivity index (χ0) is 10.6. The molecule has 0 spiro atoms. The van der Waals surface area contributed by atoms with Gasteiger partial charge in [0.15, 0.2) is 0 Å². The zero-order valence-electron chi connectivity index (χ0n) is 9.08. The van der Waals surface area contributed by atoms with E-state index >= 15 is 0 Å². The second-order valence-electron chi connectivity index (χ2n) is 3.62. The second kappa shape index (κ2) is 5.49. The van der Waals surface area contributed by atoms with Crippen molar-refractivity contribution >= 4 is 11.3 Å². The van der Waals surface area contributed by atoms with Gasteiger partial charge in [0.25, 0.3) is 0 Å². The third kappa shape index (κ3) is 3.08. The van der Waals surface area contributed by atoms with Gasteiger partial charge in [-0.1, -0.05) is 6.92 Å². The molecule has 0 aromatic carbocycles. The van der Waals surface area contributed by atoms with E-state index in [1.54, 1.807) is 0 Å². The fourth-order valence-corrected chi connectivity index (χ4v) is 2.31. The lowest BCUT2D eigenvalue weighted by molar-refractivity contribution is 0.230. The smallest absolute Gasteiger partial charge is 0.0584 e. The van der Waals surface area contributed by atoms with E-state index in [-0.39, 0.29) is 12.6 Å². The topological polar surface area (TPSA) is 32.3 Å². The molecule has 80 valence electrons. The van der Waals surface area contributed by atoms with Gasteiger partial charge in [-0.3, -0.25) is 0 Å². The summed E-state index contributed by atoms with van der Waals surface area (Å²) >= 11 is 1.81. The van der Waals surface area contributed by atoms with E-state index in [4.69, 9.17) is 5.11 Å². The molecule has 0 radical (unpaired) electrons. The van der Waals surface area contributed by atoms with Gasteiger partial charge < -0.3 is 10.4 Å². The van der Waals surface area contributed by atoms with Crippen LogP contribution in [0, 0.1) is 6.92 Å². The van der Waals surface area contributed by atoms with Gasteiger partial charge in [0.1, 0.15) is 0 Å². The van der Waals surface area contributed by atoms with Gasteiger partial charge in [0.2, 0.25) is 0 Å². The van der Waals surface area contributed by atoms with Crippen molar-refractivity contribution in [1.29, 1.82) is 0 Å². The molecule has 0 amide bonds. The van der Waals surface area contributed by atoms with Gasteiger partial charge in [-0.15, -0.1) is 11.3 Å². The summed E-state index contributed by atoms with van der Waals surface area (Å²) < 4.78 is 0. The molecule has 14 heavy (non-hydrogen) atoms. The molecule has 1 heterocycles. The first-order valence-electron chi connectivity index (χ1n) is 5.10. The van der Waals surface area contributed by atoms with Crippen LogP contribution in [0.3, 0.4) is 0 Å². The van der Waals surface area contributed by atoms with Crippen LogP contribution in [-0.2, 0) is 0 Å². The van der Waals surface area contributed by atoms with Crippen LogP contribution in [-0.4, -0.2) is 17.8 Å². The minimum atomic E-state index is 0.213. The minimum Gasteiger partial charge on any atom is -0.395 e. The Morgan fingerprint density at radius 2 is 2.21 bits per heavy atom. The summed E-state index contributed by atoms with van der Waals surface area (Å²) in [5, 5.41) is 12.5. The molecular weight excluding hydrogens is 194 g/mol. The fourth-order valence-electron chi connectivity index (χ4n) is 1.42. The Morgan fingerprint density at radius 3 is 2.64 bits per heavy atom. The molecule has 1 unspecified atom stereocenters. The molecule has 2 atom stereocenters. The number of aryl methyl sites for hydroxylation is 1. The van der Waals surface area contributed by atoms with Crippen LogP contribution < -0.4 is 5.32 Å². The predicted octanol–water partition coefficient (Wildman–Crippen LogP) is 2.48. The lowest BCUT2D eigenvalue weighted by Crippen LogP contribution is -2.33. The number of rotatable bonds is 5. The van der Waals surface area contributed by atoms with Crippen molar-refractivity contribution < 1.29 is 5.11 Å². The predicted molar refractivity (Wildman–Crippen MR) is 61.8 cm³/mol. The molecule has 1 rings (SSSR count). The lowest BCUT2D eigenvalue weighted by atomic mass is 10.2. The average Bonchev–Trinajstić information content (AvgIpc) is 2.61. The number of hydrogen-bond acceptors (Lipinski definition) is 3. The maximum atomic E-state index is 9.07. The molecule has 0 saturated heterocycles. The maximum absolute atomic E-state index is 9.07. The van der Waals surface area contributed by atoms with Crippen molar-refractivity contribution in [2.75, 3.05) is 6.61 Å². The van der Waals surface area contributed by atoms with Gasteiger partial charge >= 0.3 is 0 Å². The Kier molecular flexibility index (Phi) is 4.58. The molecule has 0 bridgehead atoms. The Hall–Kier alpha value is -0.380. The number of nitrogens with one attached hydrogen (secondary N) is 1. The Labute approximate surface area is 90.0 Å². The highest BCUT2D eigenvalue weighted by Gasteiger charge is 2.11. The van der Waals surface area contributed by atoms with E-state index in [1.807, 2.05) is 11.3 Å². The number of hydrogen-bond donors (Lipinski definition) is 2. The van der Waals surface area contributed by atoms with Crippen LogP contribution >= 0.6 is 11.3 Å². The van der Waals surface area contributed by atoms with E-state index in [0.717, 1.165) is 6.42 Å². The summed E-state index contributed by atoms with van der Waals surface area (Å²) in [5.41, 5.74) is 0. The molecule has 0 fully saturated rings. The third-order valence-electron chi connectivity index (χ3n) is 2.39. The van der Waals surface area contributed by atoms with Crippen molar-refractivity contribution in [3.8, 4) is 0 Å². The number of thiophene rings is 1. The Bertz CT molecular complexity index is 268. The fraction of sp³-hybridized carbons (Fsp3) is 0.636. The largest absolute Gasteiger partial charge is 0.395 e. The molecule has 1 aromatic rings. The quantitative estimate of drug-likeness (QED) is 0.787. The van der Waals surface area contributed by atoms with Gasteiger partial charge in [-0.2, -0.15) is 0 Å². The number of aliphatic hydroxyl groups excluding tert-OH is 1. The van der Waals surface area contributed by atoms with Crippen LogP contribution in [0.5, 0.6) is 0 Å². The van der Waals surface area contributed by atoms with Crippen molar-refractivity contribution in [1.82, 2.24) is 5.32 Å². The minimum absolute atomic E-state index is 0.213.